The summed E-state index contributed by atoms with van der Waals surface area (Å²) < 4.78 is 23.1. The quantitative estimate of drug-likeness (QED) is 0.887. The van der Waals surface area contributed by atoms with Gasteiger partial charge in [0.2, 0.25) is 0 Å². The maximum atomic E-state index is 11.7. The molecule has 2 rings (SSSR count). The van der Waals surface area contributed by atoms with Gasteiger partial charge in [0.1, 0.15) is 5.78 Å². The van der Waals surface area contributed by atoms with Gasteiger partial charge in [-0.2, -0.15) is 0 Å². The van der Waals surface area contributed by atoms with Crippen LogP contribution in [0.4, 0.5) is 0 Å². The number of Topliss-reactive ketones (excluding diaryl/α,β-unsaturated/α-hetero) is 1. The minimum absolute atomic E-state index is 0.00370. The molecule has 0 aliphatic heterocycles. The second kappa shape index (κ2) is 6.38. The van der Waals surface area contributed by atoms with Crippen LogP contribution in [-0.4, -0.2) is 31.5 Å². The number of carbonyl (C=O) groups excluding carboxylic acids is 1. The van der Waals surface area contributed by atoms with Gasteiger partial charge < -0.3 is 5.11 Å². The van der Waals surface area contributed by atoms with Crippen LogP contribution in [-0.2, 0) is 19.4 Å². The lowest BCUT2D eigenvalue weighted by Crippen LogP contribution is -2.18. The number of ketones is 1. The number of rotatable bonds is 5. The molecule has 22 heavy (non-hydrogen) atoms. The monoisotopic (exact) mass is 344 g/mol. The highest BCUT2D eigenvalue weighted by Gasteiger charge is 2.31. The van der Waals surface area contributed by atoms with E-state index in [0.717, 1.165) is 12.7 Å². The molecule has 1 N–H and O–H groups in total. The van der Waals surface area contributed by atoms with E-state index >= 15 is 0 Å². The molecule has 0 saturated heterocycles. The smallest absolute Gasteiger partial charge is 0.310 e. The second-order valence-corrected chi connectivity index (χ2v) is 8.04. The minimum atomic E-state index is -3.46. The molecule has 2 unspecified atom stereocenters. The molecule has 0 aromatic heterocycles. The second-order valence-electron chi connectivity index (χ2n) is 5.64. The number of hydrogen-bond donors (Lipinski definition) is 1. The maximum absolute atomic E-state index is 11.7. The van der Waals surface area contributed by atoms with Crippen LogP contribution in [0.1, 0.15) is 37.2 Å². The predicted octanol–water partition coefficient (Wildman–Crippen LogP) is 2.67. The zero-order valence-electron chi connectivity index (χ0n) is 12.1. The highest BCUT2D eigenvalue weighted by Crippen LogP contribution is 2.34. The third-order valence-corrected chi connectivity index (χ3v) is 5.59. The van der Waals surface area contributed by atoms with Crippen LogP contribution in [0.25, 0.3) is 0 Å². The molecular weight excluding hydrogens is 328 g/mol. The number of carboxylic acid groups (broad SMARTS) is 1. The number of carboxylic acids is 1. The van der Waals surface area contributed by atoms with E-state index < -0.39 is 21.7 Å². The van der Waals surface area contributed by atoms with E-state index in [2.05, 4.69) is 0 Å². The zero-order valence-corrected chi connectivity index (χ0v) is 13.7. The Hall–Kier alpha value is -1.40. The van der Waals surface area contributed by atoms with Gasteiger partial charge in [-0.3, -0.25) is 9.59 Å². The Bertz CT molecular complexity index is 711. The topological polar surface area (TPSA) is 88.5 Å². The molecule has 5 nitrogen and oxygen atoms in total. The minimum Gasteiger partial charge on any atom is -0.481 e. The first-order valence-corrected chi connectivity index (χ1v) is 9.22. The maximum Gasteiger partial charge on any atom is 0.310 e. The summed E-state index contributed by atoms with van der Waals surface area (Å²) in [5, 5.41) is 9.42. The largest absolute Gasteiger partial charge is 0.481 e. The molecule has 7 heteroatoms. The fourth-order valence-corrected chi connectivity index (χ4v) is 4.17. The summed E-state index contributed by atoms with van der Waals surface area (Å²) in [7, 11) is -3.46. The van der Waals surface area contributed by atoms with Crippen LogP contribution < -0.4 is 0 Å². The number of halogens is 1. The van der Waals surface area contributed by atoms with Gasteiger partial charge in [0.25, 0.3) is 0 Å². The Balaban J connectivity index is 2.31. The number of hydrogen-bond acceptors (Lipinski definition) is 4. The lowest BCUT2D eigenvalue weighted by molar-refractivity contribution is -0.139. The molecule has 1 fully saturated rings. The molecule has 0 amide bonds. The highest BCUT2D eigenvalue weighted by atomic mass is 35.5. The van der Waals surface area contributed by atoms with E-state index in [0.29, 0.717) is 18.4 Å². The molecule has 1 aromatic carbocycles. The van der Waals surface area contributed by atoms with Crippen LogP contribution in [0.5, 0.6) is 0 Å². The van der Waals surface area contributed by atoms with Gasteiger partial charge in [-0.15, -0.1) is 0 Å². The van der Waals surface area contributed by atoms with Gasteiger partial charge in [-0.05, 0) is 37.0 Å². The first-order valence-electron chi connectivity index (χ1n) is 6.95. The summed E-state index contributed by atoms with van der Waals surface area (Å²) >= 11 is 5.97. The summed E-state index contributed by atoms with van der Waals surface area (Å²) in [5.41, 5.74) is 0.421. The third-order valence-electron chi connectivity index (χ3n) is 4.01. The van der Waals surface area contributed by atoms with Gasteiger partial charge in [0, 0.05) is 18.6 Å². The first-order chi connectivity index (χ1) is 10.2. The average molecular weight is 345 g/mol. The Labute approximate surface area is 134 Å². The van der Waals surface area contributed by atoms with E-state index in [4.69, 9.17) is 11.6 Å². The van der Waals surface area contributed by atoms with Crippen molar-refractivity contribution < 1.29 is 23.1 Å². The third kappa shape index (κ3) is 3.67. The van der Waals surface area contributed by atoms with Gasteiger partial charge in [0.05, 0.1) is 15.8 Å². The summed E-state index contributed by atoms with van der Waals surface area (Å²) in [4.78, 5) is 23.2. The standard InChI is InChI=1S/C15H17ClO5S/c1-22(20,21)14-6-5-9(8-12(14)16)11(15(18)19)7-10-3-2-4-13(10)17/h5-6,8,10-11H,2-4,7H2,1H3,(H,18,19). The van der Waals surface area contributed by atoms with Gasteiger partial charge in [-0.25, -0.2) is 8.42 Å². The fraction of sp³-hybridized carbons (Fsp3) is 0.467. The lowest BCUT2D eigenvalue weighted by atomic mass is 9.87. The van der Waals surface area contributed by atoms with Crippen molar-refractivity contribution in [2.75, 3.05) is 6.26 Å². The number of aliphatic carboxylic acids is 1. The van der Waals surface area contributed by atoms with Gasteiger partial charge in [-0.1, -0.05) is 17.7 Å². The van der Waals surface area contributed by atoms with Crippen molar-refractivity contribution in [3.05, 3.63) is 28.8 Å². The first kappa shape index (κ1) is 17.0. The molecule has 0 heterocycles. The van der Waals surface area contributed by atoms with Crippen molar-refractivity contribution in [2.45, 2.75) is 36.5 Å². The van der Waals surface area contributed by atoms with Gasteiger partial charge >= 0.3 is 5.97 Å². The summed E-state index contributed by atoms with van der Waals surface area (Å²) in [6, 6.07) is 4.15. The molecule has 1 aromatic rings. The number of carbonyl (C=O) groups is 2. The SMILES string of the molecule is CS(=O)(=O)c1ccc(C(CC2CCCC2=O)C(=O)O)cc1Cl. The van der Waals surface area contributed by atoms with Crippen molar-refractivity contribution in [1.29, 1.82) is 0 Å². The van der Waals surface area contributed by atoms with E-state index in [1.54, 1.807) is 0 Å². The molecule has 0 spiro atoms. The Kier molecular flexibility index (Phi) is 4.92. The van der Waals surface area contributed by atoms with E-state index in [9.17, 15) is 23.1 Å². The summed E-state index contributed by atoms with van der Waals surface area (Å²) in [6.45, 7) is 0. The van der Waals surface area contributed by atoms with Crippen molar-refractivity contribution in [2.24, 2.45) is 5.92 Å². The van der Waals surface area contributed by atoms with Crippen molar-refractivity contribution >= 4 is 33.2 Å². The Morgan fingerprint density at radius 2 is 2.14 bits per heavy atom. The molecular formula is C15H17ClO5S. The molecule has 0 radical (unpaired) electrons. The zero-order chi connectivity index (χ0) is 16.5. The van der Waals surface area contributed by atoms with Crippen LogP contribution in [0.2, 0.25) is 5.02 Å². The van der Waals surface area contributed by atoms with E-state index in [1.807, 2.05) is 0 Å². The van der Waals surface area contributed by atoms with E-state index in [-0.39, 0.29) is 28.0 Å². The molecule has 1 saturated carbocycles. The number of sulfone groups is 1. The van der Waals surface area contributed by atoms with Crippen molar-refractivity contribution in [3.63, 3.8) is 0 Å². The highest BCUT2D eigenvalue weighted by molar-refractivity contribution is 7.90. The predicted molar refractivity (Wildman–Crippen MR) is 81.9 cm³/mol. The normalized spacial score (nSPS) is 20.1. The molecule has 1 aliphatic carbocycles. The van der Waals surface area contributed by atoms with E-state index in [1.165, 1.54) is 18.2 Å². The van der Waals surface area contributed by atoms with Crippen LogP contribution in [0.15, 0.2) is 23.1 Å². The van der Waals surface area contributed by atoms with Crippen LogP contribution >= 0.6 is 11.6 Å². The molecule has 120 valence electrons. The lowest BCUT2D eigenvalue weighted by Gasteiger charge is -2.17. The molecule has 1 aliphatic rings. The Morgan fingerprint density at radius 3 is 2.59 bits per heavy atom. The molecule has 2 atom stereocenters. The van der Waals surface area contributed by atoms with Crippen LogP contribution in [0.3, 0.4) is 0 Å². The molecule has 0 bridgehead atoms. The van der Waals surface area contributed by atoms with Gasteiger partial charge in [0.15, 0.2) is 9.84 Å². The summed E-state index contributed by atoms with van der Waals surface area (Å²) in [5.74, 6) is -2.04. The number of benzene rings is 1. The van der Waals surface area contributed by atoms with Crippen molar-refractivity contribution in [1.82, 2.24) is 0 Å². The average Bonchev–Trinajstić information content (AvgIpc) is 2.79. The van der Waals surface area contributed by atoms with Crippen LogP contribution in [0, 0.1) is 5.92 Å². The van der Waals surface area contributed by atoms with Crippen molar-refractivity contribution in [3.8, 4) is 0 Å². The summed E-state index contributed by atoms with van der Waals surface area (Å²) in [6.07, 6.45) is 3.27. The Morgan fingerprint density at radius 1 is 1.45 bits per heavy atom. The fourth-order valence-electron chi connectivity index (χ4n) is 2.84.